The first-order chi connectivity index (χ1) is 3.97. The van der Waals surface area contributed by atoms with Crippen LogP contribution in [0.15, 0.2) is 5.10 Å². The molecule has 1 aliphatic carbocycles. The summed E-state index contributed by atoms with van der Waals surface area (Å²) in [5, 5.41) is 6.34. The summed E-state index contributed by atoms with van der Waals surface area (Å²) in [5.41, 5.74) is 1.93. The lowest BCUT2D eigenvalue weighted by Gasteiger charge is -2.08. The molecule has 1 fully saturated rings. The first kappa shape index (κ1) is 4.68. The Hall–Kier alpha value is -0.180. The van der Waals surface area contributed by atoms with E-state index in [4.69, 9.17) is 0 Å². The van der Waals surface area contributed by atoms with E-state index in [0.29, 0.717) is 0 Å². The fourth-order valence-corrected chi connectivity index (χ4v) is 1.49. The minimum absolute atomic E-state index is 0.807. The SMILES string of the molecule is C1=NN(C2CC2)CS1. The van der Waals surface area contributed by atoms with Crippen molar-refractivity contribution < 1.29 is 0 Å². The molecule has 0 aromatic carbocycles. The van der Waals surface area contributed by atoms with E-state index in [9.17, 15) is 0 Å². The Morgan fingerprint density at radius 1 is 1.62 bits per heavy atom. The predicted molar refractivity (Wildman–Crippen MR) is 35.8 cm³/mol. The second-order valence-electron chi connectivity index (χ2n) is 2.19. The van der Waals surface area contributed by atoms with Crippen molar-refractivity contribution in [1.82, 2.24) is 5.01 Å². The maximum Gasteiger partial charge on any atom is 0.0874 e. The summed E-state index contributed by atoms with van der Waals surface area (Å²) in [4.78, 5) is 0. The van der Waals surface area contributed by atoms with Crippen LogP contribution in [0.25, 0.3) is 0 Å². The lowest BCUT2D eigenvalue weighted by atomic mass is 10.7. The van der Waals surface area contributed by atoms with Crippen molar-refractivity contribution in [1.29, 1.82) is 0 Å². The van der Waals surface area contributed by atoms with Crippen molar-refractivity contribution in [3.63, 3.8) is 0 Å². The van der Waals surface area contributed by atoms with Crippen molar-refractivity contribution >= 4 is 17.3 Å². The molecule has 1 aliphatic heterocycles. The summed E-state index contributed by atoms with van der Waals surface area (Å²) >= 11 is 1.78. The highest BCUT2D eigenvalue weighted by molar-refractivity contribution is 8.12. The molecule has 8 heavy (non-hydrogen) atoms. The molecule has 2 aliphatic rings. The Balaban J connectivity index is 1.95. The summed E-state index contributed by atoms with van der Waals surface area (Å²) in [7, 11) is 0. The van der Waals surface area contributed by atoms with Gasteiger partial charge in [0.25, 0.3) is 0 Å². The van der Waals surface area contributed by atoms with Gasteiger partial charge in [-0.25, -0.2) is 0 Å². The first-order valence-corrected chi connectivity index (χ1v) is 3.92. The van der Waals surface area contributed by atoms with Crippen molar-refractivity contribution in [2.75, 3.05) is 5.88 Å². The quantitative estimate of drug-likeness (QED) is 0.525. The third-order valence-corrected chi connectivity index (χ3v) is 2.10. The number of thioether (sulfide) groups is 1. The topological polar surface area (TPSA) is 15.6 Å². The van der Waals surface area contributed by atoms with Gasteiger partial charge in [0.15, 0.2) is 0 Å². The maximum atomic E-state index is 4.17. The summed E-state index contributed by atoms with van der Waals surface area (Å²) in [6.45, 7) is 0. The van der Waals surface area contributed by atoms with Crippen LogP contribution in [0, 0.1) is 0 Å². The summed E-state index contributed by atoms with van der Waals surface area (Å²) in [5.74, 6) is 1.09. The molecule has 0 saturated heterocycles. The number of hydrogen-bond donors (Lipinski definition) is 0. The average Bonchev–Trinajstić information content (AvgIpc) is 2.49. The van der Waals surface area contributed by atoms with Gasteiger partial charge in [0.05, 0.1) is 11.4 Å². The van der Waals surface area contributed by atoms with E-state index in [1.807, 2.05) is 5.55 Å². The van der Waals surface area contributed by atoms with Gasteiger partial charge in [-0.1, -0.05) is 11.8 Å². The molecule has 3 heteroatoms. The first-order valence-electron chi connectivity index (χ1n) is 2.87. The zero-order valence-electron chi connectivity index (χ0n) is 4.58. The lowest BCUT2D eigenvalue weighted by Crippen LogP contribution is -2.14. The lowest BCUT2D eigenvalue weighted by molar-refractivity contribution is 0.338. The Labute approximate surface area is 52.9 Å². The molecule has 0 N–H and O–H groups in total. The van der Waals surface area contributed by atoms with Crippen LogP contribution in [-0.2, 0) is 0 Å². The molecule has 0 spiro atoms. The van der Waals surface area contributed by atoms with Crippen molar-refractivity contribution in [2.24, 2.45) is 5.10 Å². The zero-order valence-corrected chi connectivity index (χ0v) is 5.40. The van der Waals surface area contributed by atoms with Gasteiger partial charge in [0, 0.05) is 6.04 Å². The summed E-state index contributed by atoms with van der Waals surface area (Å²) < 4.78 is 0. The van der Waals surface area contributed by atoms with Crippen LogP contribution < -0.4 is 0 Å². The highest BCUT2D eigenvalue weighted by Gasteiger charge is 2.29. The van der Waals surface area contributed by atoms with Gasteiger partial charge in [-0.3, -0.25) is 5.01 Å². The molecular formula is C5H8N2S. The Morgan fingerprint density at radius 3 is 3.00 bits per heavy atom. The van der Waals surface area contributed by atoms with Crippen LogP contribution in [0.1, 0.15) is 12.8 Å². The number of nitrogens with zero attached hydrogens (tertiary/aromatic N) is 2. The van der Waals surface area contributed by atoms with E-state index >= 15 is 0 Å². The van der Waals surface area contributed by atoms with Gasteiger partial charge in [0.1, 0.15) is 0 Å². The van der Waals surface area contributed by atoms with Gasteiger partial charge in [-0.2, -0.15) is 5.10 Å². The molecule has 0 atom stereocenters. The van der Waals surface area contributed by atoms with Crippen molar-refractivity contribution in [3.8, 4) is 0 Å². The molecule has 0 aromatic heterocycles. The molecule has 0 aromatic rings. The molecule has 0 unspecified atom stereocenters. The van der Waals surface area contributed by atoms with Crippen LogP contribution in [0.3, 0.4) is 0 Å². The Kier molecular flexibility index (Phi) is 0.966. The molecule has 0 radical (unpaired) electrons. The highest BCUT2D eigenvalue weighted by atomic mass is 32.2. The molecule has 2 rings (SSSR count). The fraction of sp³-hybridized carbons (Fsp3) is 0.800. The summed E-state index contributed by atoms with van der Waals surface area (Å²) in [6.07, 6.45) is 2.72. The smallest absolute Gasteiger partial charge is 0.0874 e. The van der Waals surface area contributed by atoms with Gasteiger partial charge < -0.3 is 0 Å². The minimum atomic E-state index is 0.807. The van der Waals surface area contributed by atoms with Crippen molar-refractivity contribution in [3.05, 3.63) is 0 Å². The van der Waals surface area contributed by atoms with Gasteiger partial charge in [0.2, 0.25) is 0 Å². The molecule has 1 heterocycles. The zero-order chi connectivity index (χ0) is 5.40. The van der Waals surface area contributed by atoms with Gasteiger partial charge in [-0.05, 0) is 12.8 Å². The van der Waals surface area contributed by atoms with E-state index in [0.717, 1.165) is 11.9 Å². The second-order valence-corrected chi connectivity index (χ2v) is 2.99. The number of rotatable bonds is 1. The molecule has 2 nitrogen and oxygen atoms in total. The van der Waals surface area contributed by atoms with E-state index < -0.39 is 0 Å². The maximum absolute atomic E-state index is 4.17. The van der Waals surface area contributed by atoms with Crippen LogP contribution >= 0.6 is 11.8 Å². The summed E-state index contributed by atoms with van der Waals surface area (Å²) in [6, 6.07) is 0.807. The van der Waals surface area contributed by atoms with Crippen LogP contribution in [0.2, 0.25) is 0 Å². The van der Waals surface area contributed by atoms with Crippen LogP contribution in [0.5, 0.6) is 0 Å². The van der Waals surface area contributed by atoms with Gasteiger partial charge >= 0.3 is 0 Å². The number of hydrogen-bond acceptors (Lipinski definition) is 3. The fourth-order valence-electron chi connectivity index (χ4n) is 0.809. The minimum Gasteiger partial charge on any atom is -0.283 e. The average molecular weight is 128 g/mol. The third-order valence-electron chi connectivity index (χ3n) is 1.45. The molecule has 44 valence electrons. The Bertz CT molecular complexity index is 120. The molecule has 1 saturated carbocycles. The highest BCUT2D eigenvalue weighted by Crippen LogP contribution is 2.30. The van der Waals surface area contributed by atoms with Gasteiger partial charge in [-0.15, -0.1) is 0 Å². The van der Waals surface area contributed by atoms with E-state index in [2.05, 4.69) is 10.1 Å². The third kappa shape index (κ3) is 0.708. The standard InChI is InChI=1S/C5H8N2S/c1-2-5(1)7-4-8-3-6-7/h3,5H,1-2,4H2. The number of hydrazone groups is 1. The van der Waals surface area contributed by atoms with E-state index in [1.165, 1.54) is 12.8 Å². The largest absolute Gasteiger partial charge is 0.283 e. The predicted octanol–water partition coefficient (Wildman–Crippen LogP) is 1.10. The molecule has 0 amide bonds. The second kappa shape index (κ2) is 1.65. The van der Waals surface area contributed by atoms with E-state index in [-0.39, 0.29) is 0 Å². The Morgan fingerprint density at radius 2 is 2.50 bits per heavy atom. The van der Waals surface area contributed by atoms with Crippen LogP contribution in [-0.4, -0.2) is 22.5 Å². The molecule has 0 bridgehead atoms. The van der Waals surface area contributed by atoms with Crippen molar-refractivity contribution in [2.45, 2.75) is 18.9 Å². The van der Waals surface area contributed by atoms with Crippen LogP contribution in [0.4, 0.5) is 0 Å². The monoisotopic (exact) mass is 128 g/mol. The normalized spacial score (nSPS) is 27.2. The molecular weight excluding hydrogens is 120 g/mol. The van der Waals surface area contributed by atoms with E-state index in [1.54, 1.807) is 11.8 Å².